The van der Waals surface area contributed by atoms with Gasteiger partial charge in [-0.1, -0.05) is 56.5 Å². The number of rotatable bonds is 8. The molecule has 0 spiro atoms. The first kappa shape index (κ1) is 18.7. The summed E-state index contributed by atoms with van der Waals surface area (Å²) in [6.45, 7) is 9.71. The molecule has 1 aromatic rings. The number of para-hydroxylation sites is 1. The molecule has 21 heavy (non-hydrogen) atoms. The Bertz CT molecular complexity index is 486. The predicted molar refractivity (Wildman–Crippen MR) is 94.2 cm³/mol. The molecule has 0 saturated heterocycles. The fourth-order valence-electron chi connectivity index (χ4n) is 2.02. The second kappa shape index (κ2) is 10.5. The van der Waals surface area contributed by atoms with Gasteiger partial charge in [-0.15, -0.1) is 0 Å². The lowest BCUT2D eigenvalue weighted by Gasteiger charge is -2.12. The van der Waals surface area contributed by atoms with Crippen LogP contribution in [0.5, 0.6) is 0 Å². The number of hydrogen-bond donors (Lipinski definition) is 3. The summed E-state index contributed by atoms with van der Waals surface area (Å²) in [4.78, 5) is 0. The summed E-state index contributed by atoms with van der Waals surface area (Å²) in [6, 6.07) is 9.99. The number of benzene rings is 1. The maximum atomic E-state index is 6.05. The third-order valence-corrected chi connectivity index (χ3v) is 2.96. The molecule has 0 radical (unpaired) electrons. The van der Waals surface area contributed by atoms with Crippen molar-refractivity contribution in [3.05, 3.63) is 79.2 Å². The summed E-state index contributed by atoms with van der Waals surface area (Å²) >= 11 is 0. The maximum Gasteiger partial charge on any atom is 0.0380 e. The molecule has 3 heteroatoms. The van der Waals surface area contributed by atoms with Crippen molar-refractivity contribution in [1.82, 2.24) is 6.15 Å². The van der Waals surface area contributed by atoms with E-state index in [1.165, 1.54) is 5.57 Å². The normalized spacial score (nSPS) is 13.0. The Hall–Kier alpha value is -2.26. The van der Waals surface area contributed by atoms with Gasteiger partial charge in [0.25, 0.3) is 0 Å². The zero-order valence-electron chi connectivity index (χ0n) is 12.9. The average Bonchev–Trinajstić information content (AvgIpc) is 2.45. The number of nitrogens with one attached hydrogen (secondary N) is 1. The molecular weight excluding hydrogens is 258 g/mol. The highest BCUT2D eigenvalue weighted by molar-refractivity contribution is 5.45. The van der Waals surface area contributed by atoms with E-state index in [2.05, 4.69) is 25.4 Å². The quantitative estimate of drug-likeness (QED) is 0.602. The average molecular weight is 285 g/mol. The largest absolute Gasteiger partial charge is 0.401 e. The standard InChI is InChI=1S/C18H24N2.H3N/c1-4-9-16(5-2)12-15(3)13-17(19)14-20-18-10-7-6-8-11-18;/h4-11,14-15,20H,1-2,12-13,19H2,3H3;1H3/b16-9+,17-14-;. The van der Waals surface area contributed by atoms with Crippen molar-refractivity contribution in [1.29, 1.82) is 0 Å². The van der Waals surface area contributed by atoms with Gasteiger partial charge in [-0.2, -0.15) is 0 Å². The topological polar surface area (TPSA) is 73.0 Å². The first-order chi connectivity index (χ1) is 9.65. The fourth-order valence-corrected chi connectivity index (χ4v) is 2.02. The third kappa shape index (κ3) is 7.80. The van der Waals surface area contributed by atoms with Crippen LogP contribution < -0.4 is 17.2 Å². The summed E-state index contributed by atoms with van der Waals surface area (Å²) in [7, 11) is 0. The highest BCUT2D eigenvalue weighted by Crippen LogP contribution is 2.18. The van der Waals surface area contributed by atoms with Crippen LogP contribution in [-0.4, -0.2) is 0 Å². The molecule has 1 rings (SSSR count). The van der Waals surface area contributed by atoms with Crippen LogP contribution in [0.4, 0.5) is 5.69 Å². The van der Waals surface area contributed by atoms with Gasteiger partial charge in [0.1, 0.15) is 0 Å². The van der Waals surface area contributed by atoms with E-state index < -0.39 is 0 Å². The summed E-state index contributed by atoms with van der Waals surface area (Å²) < 4.78 is 0. The lowest BCUT2D eigenvalue weighted by molar-refractivity contribution is 0.573. The predicted octanol–water partition coefficient (Wildman–Crippen LogP) is 4.78. The minimum Gasteiger partial charge on any atom is -0.401 e. The molecule has 114 valence electrons. The van der Waals surface area contributed by atoms with E-state index in [1.54, 1.807) is 6.08 Å². The van der Waals surface area contributed by atoms with Crippen molar-refractivity contribution in [3.63, 3.8) is 0 Å². The van der Waals surface area contributed by atoms with E-state index in [9.17, 15) is 0 Å². The van der Waals surface area contributed by atoms with Crippen LogP contribution in [-0.2, 0) is 0 Å². The van der Waals surface area contributed by atoms with Gasteiger partial charge in [0.2, 0.25) is 0 Å². The van der Waals surface area contributed by atoms with Crippen LogP contribution in [0, 0.1) is 5.92 Å². The van der Waals surface area contributed by atoms with Crippen molar-refractivity contribution in [2.75, 3.05) is 5.32 Å². The number of anilines is 1. The highest BCUT2D eigenvalue weighted by atomic mass is 14.9. The lowest BCUT2D eigenvalue weighted by atomic mass is 9.96. The lowest BCUT2D eigenvalue weighted by Crippen LogP contribution is -2.07. The van der Waals surface area contributed by atoms with Gasteiger partial charge in [0.05, 0.1) is 0 Å². The summed E-state index contributed by atoms with van der Waals surface area (Å²) in [6.07, 6.45) is 9.33. The molecule has 1 aromatic carbocycles. The van der Waals surface area contributed by atoms with Crippen LogP contribution >= 0.6 is 0 Å². The minimum absolute atomic E-state index is 0. The molecule has 0 saturated carbocycles. The summed E-state index contributed by atoms with van der Waals surface area (Å²) in [5.41, 5.74) is 9.13. The Morgan fingerprint density at radius 2 is 1.90 bits per heavy atom. The Labute approximate surface area is 128 Å². The van der Waals surface area contributed by atoms with Gasteiger partial charge in [-0.3, -0.25) is 0 Å². The van der Waals surface area contributed by atoms with Crippen molar-refractivity contribution < 1.29 is 0 Å². The fraction of sp³-hybridized carbons (Fsp3) is 0.222. The summed E-state index contributed by atoms with van der Waals surface area (Å²) in [5, 5.41) is 3.20. The molecule has 1 atom stereocenters. The van der Waals surface area contributed by atoms with E-state index >= 15 is 0 Å². The SMILES string of the molecule is C=C/C=C(\C=C)CC(C)C/C(N)=C/Nc1ccccc1.N. The van der Waals surface area contributed by atoms with E-state index in [0.717, 1.165) is 24.2 Å². The van der Waals surface area contributed by atoms with Crippen LogP contribution in [0.3, 0.4) is 0 Å². The Kier molecular flexibility index (Phi) is 9.39. The Morgan fingerprint density at radius 1 is 1.24 bits per heavy atom. The Balaban J connectivity index is 0.00000400. The molecule has 0 aliphatic heterocycles. The molecular formula is C18H27N3. The highest BCUT2D eigenvalue weighted by Gasteiger charge is 2.05. The second-order valence-electron chi connectivity index (χ2n) is 4.92. The zero-order chi connectivity index (χ0) is 14.8. The van der Waals surface area contributed by atoms with E-state index in [1.807, 2.05) is 48.7 Å². The molecule has 0 amide bonds. The zero-order valence-corrected chi connectivity index (χ0v) is 12.9. The molecule has 0 aromatic heterocycles. The molecule has 6 N–H and O–H groups in total. The number of nitrogens with two attached hydrogens (primary N) is 1. The van der Waals surface area contributed by atoms with Crippen LogP contribution in [0.2, 0.25) is 0 Å². The second-order valence-corrected chi connectivity index (χ2v) is 4.92. The number of allylic oxidation sites excluding steroid dienone is 5. The van der Waals surface area contributed by atoms with E-state index in [4.69, 9.17) is 5.73 Å². The third-order valence-electron chi connectivity index (χ3n) is 2.96. The first-order valence-electron chi connectivity index (χ1n) is 6.85. The molecule has 0 bridgehead atoms. The van der Waals surface area contributed by atoms with E-state index in [-0.39, 0.29) is 6.15 Å². The van der Waals surface area contributed by atoms with E-state index in [0.29, 0.717) is 5.92 Å². The van der Waals surface area contributed by atoms with Gasteiger partial charge in [0, 0.05) is 17.6 Å². The maximum absolute atomic E-state index is 6.05. The van der Waals surface area contributed by atoms with Gasteiger partial charge in [-0.25, -0.2) is 0 Å². The monoisotopic (exact) mass is 285 g/mol. The number of hydrogen-bond acceptors (Lipinski definition) is 3. The molecule has 1 unspecified atom stereocenters. The van der Waals surface area contributed by atoms with Gasteiger partial charge in [0.15, 0.2) is 0 Å². The minimum atomic E-state index is 0. The van der Waals surface area contributed by atoms with Crippen molar-refractivity contribution in [2.24, 2.45) is 11.7 Å². The van der Waals surface area contributed by atoms with Gasteiger partial charge in [-0.05, 0) is 36.5 Å². The smallest absolute Gasteiger partial charge is 0.0380 e. The summed E-state index contributed by atoms with van der Waals surface area (Å²) in [5.74, 6) is 0.466. The molecule has 0 heterocycles. The first-order valence-corrected chi connectivity index (χ1v) is 6.85. The molecule has 3 nitrogen and oxygen atoms in total. The molecule has 0 fully saturated rings. The van der Waals surface area contributed by atoms with Crippen molar-refractivity contribution in [3.8, 4) is 0 Å². The van der Waals surface area contributed by atoms with Crippen LogP contribution in [0.15, 0.2) is 79.2 Å². The molecule has 0 aliphatic carbocycles. The van der Waals surface area contributed by atoms with Gasteiger partial charge < -0.3 is 17.2 Å². The molecule has 0 aliphatic rings. The van der Waals surface area contributed by atoms with Crippen LogP contribution in [0.1, 0.15) is 19.8 Å². The Morgan fingerprint density at radius 3 is 2.48 bits per heavy atom. The van der Waals surface area contributed by atoms with Crippen LogP contribution in [0.25, 0.3) is 0 Å². The van der Waals surface area contributed by atoms with Crippen molar-refractivity contribution in [2.45, 2.75) is 19.8 Å². The van der Waals surface area contributed by atoms with Gasteiger partial charge >= 0.3 is 0 Å². The van der Waals surface area contributed by atoms with Crippen molar-refractivity contribution >= 4 is 5.69 Å².